The zero-order valence-corrected chi connectivity index (χ0v) is 10.3. The maximum absolute atomic E-state index is 11.8. The molecule has 1 aromatic rings. The zero-order chi connectivity index (χ0) is 12.8. The van der Waals surface area contributed by atoms with Crippen molar-refractivity contribution in [2.75, 3.05) is 19.7 Å². The van der Waals surface area contributed by atoms with Crippen LogP contribution in [0.25, 0.3) is 0 Å². The van der Waals surface area contributed by atoms with Crippen molar-refractivity contribution >= 4 is 5.91 Å². The highest BCUT2D eigenvalue weighted by Crippen LogP contribution is 2.13. The minimum absolute atomic E-state index is 0.0408. The monoisotopic (exact) mass is 244 g/mol. The Labute approximate surface area is 107 Å². The number of nitrogens with zero attached hydrogens (tertiary/aromatic N) is 2. The van der Waals surface area contributed by atoms with Gasteiger partial charge in [0.1, 0.15) is 5.75 Å². The Morgan fingerprint density at radius 1 is 1.22 bits per heavy atom. The first-order valence-corrected chi connectivity index (χ1v) is 6.20. The van der Waals surface area contributed by atoms with Crippen molar-refractivity contribution in [3.05, 3.63) is 29.8 Å². The highest BCUT2D eigenvalue weighted by atomic mass is 16.5. The molecule has 0 N–H and O–H groups in total. The predicted molar refractivity (Wildman–Crippen MR) is 67.1 cm³/mol. The van der Waals surface area contributed by atoms with E-state index >= 15 is 0 Å². The van der Waals surface area contributed by atoms with Crippen LogP contribution in [0.1, 0.15) is 24.8 Å². The standard InChI is InChI=1S/C14H16N2O2/c15-10-12-4-6-13(7-5-12)18-11-14(17)16-8-2-1-3-9-16/h4-7H,1-3,8-9,11H2. The third-order valence-corrected chi connectivity index (χ3v) is 3.05. The molecule has 1 fully saturated rings. The van der Waals surface area contributed by atoms with Crippen molar-refractivity contribution in [3.63, 3.8) is 0 Å². The van der Waals surface area contributed by atoms with Crippen molar-refractivity contribution in [1.82, 2.24) is 4.90 Å². The molecule has 2 rings (SSSR count). The fourth-order valence-corrected chi connectivity index (χ4v) is 2.01. The lowest BCUT2D eigenvalue weighted by molar-refractivity contribution is -0.134. The third-order valence-electron chi connectivity index (χ3n) is 3.05. The van der Waals surface area contributed by atoms with Crippen LogP contribution in [0.2, 0.25) is 0 Å². The Morgan fingerprint density at radius 2 is 1.89 bits per heavy atom. The van der Waals surface area contributed by atoms with E-state index in [0.717, 1.165) is 25.9 Å². The van der Waals surface area contributed by atoms with Crippen LogP contribution in [-0.2, 0) is 4.79 Å². The summed E-state index contributed by atoms with van der Waals surface area (Å²) in [6.07, 6.45) is 3.38. The molecular formula is C14H16N2O2. The summed E-state index contributed by atoms with van der Waals surface area (Å²) in [5.41, 5.74) is 0.588. The molecular weight excluding hydrogens is 228 g/mol. The van der Waals surface area contributed by atoms with Crippen molar-refractivity contribution < 1.29 is 9.53 Å². The van der Waals surface area contributed by atoms with E-state index in [-0.39, 0.29) is 12.5 Å². The average molecular weight is 244 g/mol. The summed E-state index contributed by atoms with van der Waals surface area (Å²) in [5.74, 6) is 0.665. The molecule has 18 heavy (non-hydrogen) atoms. The van der Waals surface area contributed by atoms with Crippen LogP contribution >= 0.6 is 0 Å². The van der Waals surface area contributed by atoms with Crippen molar-refractivity contribution in [3.8, 4) is 11.8 Å². The normalized spacial score (nSPS) is 14.9. The summed E-state index contributed by atoms with van der Waals surface area (Å²) in [6, 6.07) is 8.82. The van der Waals surface area contributed by atoms with Crippen LogP contribution in [0.15, 0.2) is 24.3 Å². The molecule has 1 amide bonds. The highest BCUT2D eigenvalue weighted by molar-refractivity contribution is 5.77. The van der Waals surface area contributed by atoms with Crippen LogP contribution in [0.4, 0.5) is 0 Å². The first kappa shape index (κ1) is 12.4. The summed E-state index contributed by atoms with van der Waals surface area (Å²) in [5, 5.41) is 8.67. The number of benzene rings is 1. The molecule has 1 heterocycles. The van der Waals surface area contributed by atoms with Crippen LogP contribution in [0.3, 0.4) is 0 Å². The number of nitriles is 1. The minimum Gasteiger partial charge on any atom is -0.484 e. The molecule has 1 aromatic carbocycles. The zero-order valence-electron chi connectivity index (χ0n) is 10.3. The van der Waals surface area contributed by atoms with Gasteiger partial charge in [0.25, 0.3) is 5.91 Å². The van der Waals surface area contributed by atoms with Crippen LogP contribution < -0.4 is 4.74 Å². The summed E-state index contributed by atoms with van der Waals surface area (Å²) in [4.78, 5) is 13.7. The smallest absolute Gasteiger partial charge is 0.260 e. The van der Waals surface area contributed by atoms with Crippen LogP contribution in [0.5, 0.6) is 5.75 Å². The van der Waals surface area contributed by atoms with E-state index in [1.165, 1.54) is 6.42 Å². The number of carbonyl (C=O) groups is 1. The molecule has 0 saturated carbocycles. The second kappa shape index (κ2) is 6.06. The quantitative estimate of drug-likeness (QED) is 0.816. The van der Waals surface area contributed by atoms with Gasteiger partial charge >= 0.3 is 0 Å². The average Bonchev–Trinajstić information content (AvgIpc) is 2.46. The van der Waals surface area contributed by atoms with E-state index in [9.17, 15) is 4.79 Å². The molecule has 0 bridgehead atoms. The van der Waals surface area contributed by atoms with E-state index in [0.29, 0.717) is 11.3 Å². The summed E-state index contributed by atoms with van der Waals surface area (Å²) < 4.78 is 5.42. The molecule has 1 aliphatic heterocycles. The number of rotatable bonds is 3. The Bertz CT molecular complexity index is 442. The second-order valence-corrected chi connectivity index (χ2v) is 4.37. The lowest BCUT2D eigenvalue weighted by Gasteiger charge is -2.26. The Hall–Kier alpha value is -2.02. The first-order valence-electron chi connectivity index (χ1n) is 6.20. The number of hydrogen-bond acceptors (Lipinski definition) is 3. The van der Waals surface area contributed by atoms with Gasteiger partial charge < -0.3 is 9.64 Å². The molecule has 94 valence electrons. The number of amides is 1. The molecule has 0 radical (unpaired) electrons. The van der Waals surface area contributed by atoms with Gasteiger partial charge in [-0.05, 0) is 43.5 Å². The van der Waals surface area contributed by atoms with Crippen molar-refractivity contribution in [1.29, 1.82) is 5.26 Å². The van der Waals surface area contributed by atoms with Gasteiger partial charge in [0, 0.05) is 13.1 Å². The van der Waals surface area contributed by atoms with Crippen LogP contribution in [0, 0.1) is 11.3 Å². The minimum atomic E-state index is 0.0408. The maximum Gasteiger partial charge on any atom is 0.260 e. The molecule has 0 aliphatic carbocycles. The van der Waals surface area contributed by atoms with Gasteiger partial charge in [-0.15, -0.1) is 0 Å². The lowest BCUT2D eigenvalue weighted by Crippen LogP contribution is -2.38. The predicted octanol–water partition coefficient (Wildman–Crippen LogP) is 1.95. The second-order valence-electron chi connectivity index (χ2n) is 4.37. The van der Waals surface area contributed by atoms with Gasteiger partial charge in [0.05, 0.1) is 11.6 Å². The van der Waals surface area contributed by atoms with Gasteiger partial charge in [0.15, 0.2) is 6.61 Å². The number of likely N-dealkylation sites (tertiary alicyclic amines) is 1. The maximum atomic E-state index is 11.8. The number of hydrogen-bond donors (Lipinski definition) is 0. The fourth-order valence-electron chi connectivity index (χ4n) is 2.01. The van der Waals surface area contributed by atoms with E-state index < -0.39 is 0 Å². The van der Waals surface area contributed by atoms with Gasteiger partial charge in [0.2, 0.25) is 0 Å². The topological polar surface area (TPSA) is 53.3 Å². The van der Waals surface area contributed by atoms with Crippen molar-refractivity contribution in [2.24, 2.45) is 0 Å². The summed E-state index contributed by atoms with van der Waals surface area (Å²) in [7, 11) is 0. The molecule has 0 atom stereocenters. The number of ether oxygens (including phenoxy) is 1. The van der Waals surface area contributed by atoms with Gasteiger partial charge in [-0.25, -0.2) is 0 Å². The summed E-state index contributed by atoms with van der Waals surface area (Å²) >= 11 is 0. The lowest BCUT2D eigenvalue weighted by atomic mass is 10.1. The molecule has 0 spiro atoms. The van der Waals surface area contributed by atoms with Gasteiger partial charge in [-0.2, -0.15) is 5.26 Å². The molecule has 1 saturated heterocycles. The Balaban J connectivity index is 1.83. The molecule has 4 nitrogen and oxygen atoms in total. The van der Waals surface area contributed by atoms with E-state index in [1.807, 2.05) is 11.0 Å². The van der Waals surface area contributed by atoms with Gasteiger partial charge in [-0.1, -0.05) is 0 Å². The SMILES string of the molecule is N#Cc1ccc(OCC(=O)N2CCCCC2)cc1. The van der Waals surface area contributed by atoms with Gasteiger partial charge in [-0.3, -0.25) is 4.79 Å². The highest BCUT2D eigenvalue weighted by Gasteiger charge is 2.16. The Morgan fingerprint density at radius 3 is 2.50 bits per heavy atom. The van der Waals surface area contributed by atoms with E-state index in [4.69, 9.17) is 10.00 Å². The van der Waals surface area contributed by atoms with E-state index in [2.05, 4.69) is 0 Å². The first-order chi connectivity index (χ1) is 8.79. The molecule has 0 unspecified atom stereocenters. The fraction of sp³-hybridized carbons (Fsp3) is 0.429. The summed E-state index contributed by atoms with van der Waals surface area (Å²) in [6.45, 7) is 1.76. The molecule has 1 aliphatic rings. The van der Waals surface area contributed by atoms with Crippen molar-refractivity contribution in [2.45, 2.75) is 19.3 Å². The third kappa shape index (κ3) is 3.24. The number of piperidine rings is 1. The van der Waals surface area contributed by atoms with E-state index in [1.54, 1.807) is 24.3 Å². The molecule has 4 heteroatoms. The Kier molecular flexibility index (Phi) is 4.19. The largest absolute Gasteiger partial charge is 0.484 e. The molecule has 0 aromatic heterocycles. The number of carbonyl (C=O) groups excluding carboxylic acids is 1. The van der Waals surface area contributed by atoms with Crippen LogP contribution in [-0.4, -0.2) is 30.5 Å².